The standard InChI is InChI=1S/C15H25NO4/c1-4-19-13-9-12(10-16-5-7-18-8-6-16)14(17)15(20-13)11(2)3/h9,11,13,15H,4-8,10H2,1-3H3. The summed E-state index contributed by atoms with van der Waals surface area (Å²) >= 11 is 0. The summed E-state index contributed by atoms with van der Waals surface area (Å²) < 4.78 is 16.6. The molecule has 0 N–H and O–H groups in total. The molecule has 1 fully saturated rings. The van der Waals surface area contributed by atoms with Gasteiger partial charge in [-0.15, -0.1) is 0 Å². The third kappa shape index (κ3) is 3.88. The van der Waals surface area contributed by atoms with Crippen LogP contribution in [-0.4, -0.2) is 62.5 Å². The van der Waals surface area contributed by atoms with Gasteiger partial charge < -0.3 is 14.2 Å². The van der Waals surface area contributed by atoms with Crippen molar-refractivity contribution >= 4 is 5.78 Å². The highest BCUT2D eigenvalue weighted by Crippen LogP contribution is 2.23. The largest absolute Gasteiger partial charge is 0.379 e. The van der Waals surface area contributed by atoms with E-state index in [0.29, 0.717) is 13.2 Å². The van der Waals surface area contributed by atoms with Crippen LogP contribution < -0.4 is 0 Å². The Bertz CT molecular complexity index is 361. The molecule has 2 heterocycles. The molecule has 0 bridgehead atoms. The topological polar surface area (TPSA) is 48.0 Å². The number of rotatable bonds is 5. The van der Waals surface area contributed by atoms with E-state index in [1.807, 2.05) is 26.8 Å². The highest BCUT2D eigenvalue weighted by atomic mass is 16.7. The Labute approximate surface area is 120 Å². The minimum absolute atomic E-state index is 0.0995. The molecule has 0 saturated carbocycles. The van der Waals surface area contributed by atoms with Gasteiger partial charge in [0, 0.05) is 31.8 Å². The number of carbonyl (C=O) groups excluding carboxylic acids is 1. The molecule has 0 amide bonds. The molecular weight excluding hydrogens is 258 g/mol. The minimum atomic E-state index is -0.402. The molecule has 0 spiro atoms. The average molecular weight is 283 g/mol. The minimum Gasteiger partial charge on any atom is -0.379 e. The fraction of sp³-hybridized carbons (Fsp3) is 0.800. The molecule has 2 unspecified atom stereocenters. The van der Waals surface area contributed by atoms with Crippen LogP contribution in [0.2, 0.25) is 0 Å². The van der Waals surface area contributed by atoms with E-state index in [2.05, 4.69) is 4.90 Å². The molecule has 0 aromatic carbocycles. The number of carbonyl (C=O) groups is 1. The maximum atomic E-state index is 12.5. The van der Waals surface area contributed by atoms with Crippen LogP contribution in [0.1, 0.15) is 20.8 Å². The lowest BCUT2D eigenvalue weighted by molar-refractivity contribution is -0.170. The van der Waals surface area contributed by atoms with Gasteiger partial charge in [0.1, 0.15) is 6.10 Å². The highest BCUT2D eigenvalue weighted by molar-refractivity contribution is 6.00. The molecule has 0 radical (unpaired) electrons. The number of ketones is 1. The molecule has 1 saturated heterocycles. The van der Waals surface area contributed by atoms with Crippen molar-refractivity contribution in [2.24, 2.45) is 5.92 Å². The molecule has 2 aliphatic rings. The Morgan fingerprint density at radius 2 is 2.10 bits per heavy atom. The molecule has 5 heteroatoms. The number of hydrogen-bond donors (Lipinski definition) is 0. The van der Waals surface area contributed by atoms with E-state index in [1.54, 1.807) is 0 Å². The maximum Gasteiger partial charge on any atom is 0.189 e. The highest BCUT2D eigenvalue weighted by Gasteiger charge is 2.34. The number of ether oxygens (including phenoxy) is 3. The summed E-state index contributed by atoms with van der Waals surface area (Å²) in [4.78, 5) is 14.7. The van der Waals surface area contributed by atoms with E-state index >= 15 is 0 Å². The fourth-order valence-electron chi connectivity index (χ4n) is 2.52. The zero-order chi connectivity index (χ0) is 14.5. The number of hydrogen-bond acceptors (Lipinski definition) is 5. The van der Waals surface area contributed by atoms with Crippen LogP contribution in [-0.2, 0) is 19.0 Å². The second-order valence-electron chi connectivity index (χ2n) is 5.57. The number of nitrogens with zero attached hydrogens (tertiary/aromatic N) is 1. The Hall–Kier alpha value is -0.750. The van der Waals surface area contributed by atoms with E-state index in [-0.39, 0.29) is 11.7 Å². The van der Waals surface area contributed by atoms with Crippen LogP contribution in [0.3, 0.4) is 0 Å². The maximum absolute atomic E-state index is 12.5. The lowest BCUT2D eigenvalue weighted by atomic mass is 9.94. The van der Waals surface area contributed by atoms with Crippen molar-refractivity contribution in [1.29, 1.82) is 0 Å². The predicted octanol–water partition coefficient (Wildman–Crippen LogP) is 1.23. The van der Waals surface area contributed by atoms with Crippen LogP contribution in [0, 0.1) is 5.92 Å². The van der Waals surface area contributed by atoms with Gasteiger partial charge in [0.15, 0.2) is 12.1 Å². The van der Waals surface area contributed by atoms with E-state index in [9.17, 15) is 4.79 Å². The van der Waals surface area contributed by atoms with Crippen molar-refractivity contribution < 1.29 is 19.0 Å². The van der Waals surface area contributed by atoms with Crippen LogP contribution in [0.25, 0.3) is 0 Å². The van der Waals surface area contributed by atoms with Crippen LogP contribution in [0.5, 0.6) is 0 Å². The summed E-state index contributed by atoms with van der Waals surface area (Å²) in [6.45, 7) is 10.4. The Morgan fingerprint density at radius 1 is 1.40 bits per heavy atom. The first-order valence-corrected chi connectivity index (χ1v) is 7.44. The van der Waals surface area contributed by atoms with Gasteiger partial charge in [0.2, 0.25) is 0 Å². The van der Waals surface area contributed by atoms with E-state index in [1.165, 1.54) is 0 Å². The summed E-state index contributed by atoms with van der Waals surface area (Å²) in [6.07, 6.45) is 1.04. The molecule has 20 heavy (non-hydrogen) atoms. The van der Waals surface area contributed by atoms with Gasteiger partial charge in [-0.3, -0.25) is 9.69 Å². The monoisotopic (exact) mass is 283 g/mol. The Kier molecular flexibility index (Phi) is 5.72. The first-order chi connectivity index (χ1) is 9.61. The van der Waals surface area contributed by atoms with Gasteiger partial charge in [0.25, 0.3) is 0 Å². The molecular formula is C15H25NO4. The average Bonchev–Trinajstić information content (AvgIpc) is 2.43. The lowest BCUT2D eigenvalue weighted by Gasteiger charge is -2.33. The van der Waals surface area contributed by atoms with E-state index in [0.717, 1.165) is 31.9 Å². The molecule has 2 aliphatic heterocycles. The van der Waals surface area contributed by atoms with Gasteiger partial charge in [-0.1, -0.05) is 13.8 Å². The summed E-state index contributed by atoms with van der Waals surface area (Å²) in [5.41, 5.74) is 0.815. The smallest absolute Gasteiger partial charge is 0.189 e. The van der Waals surface area contributed by atoms with Crippen molar-refractivity contribution in [2.75, 3.05) is 39.5 Å². The molecule has 0 aromatic rings. The van der Waals surface area contributed by atoms with Crippen molar-refractivity contribution in [2.45, 2.75) is 33.2 Å². The normalized spacial score (nSPS) is 28.8. The first kappa shape index (κ1) is 15.6. The lowest BCUT2D eigenvalue weighted by Crippen LogP contribution is -2.44. The summed E-state index contributed by atoms with van der Waals surface area (Å²) in [5, 5.41) is 0. The molecule has 2 atom stereocenters. The third-order valence-corrected chi connectivity index (χ3v) is 3.63. The van der Waals surface area contributed by atoms with Gasteiger partial charge in [-0.25, -0.2) is 0 Å². The Balaban J connectivity index is 2.07. The predicted molar refractivity (Wildman–Crippen MR) is 75.5 cm³/mol. The molecule has 2 rings (SSSR count). The molecule has 114 valence electrons. The fourth-order valence-corrected chi connectivity index (χ4v) is 2.52. The van der Waals surface area contributed by atoms with Gasteiger partial charge in [-0.05, 0) is 18.9 Å². The number of Topliss-reactive ketones (excluding diaryl/α,β-unsaturated/α-hetero) is 1. The second-order valence-corrected chi connectivity index (χ2v) is 5.57. The molecule has 0 aromatic heterocycles. The van der Waals surface area contributed by atoms with Crippen molar-refractivity contribution in [3.05, 3.63) is 11.6 Å². The SMILES string of the molecule is CCOC1C=C(CN2CCOCC2)C(=O)C(C(C)C)O1. The zero-order valence-electron chi connectivity index (χ0n) is 12.6. The zero-order valence-corrected chi connectivity index (χ0v) is 12.6. The molecule has 5 nitrogen and oxygen atoms in total. The van der Waals surface area contributed by atoms with E-state index < -0.39 is 12.4 Å². The van der Waals surface area contributed by atoms with Crippen LogP contribution >= 0.6 is 0 Å². The molecule has 0 aliphatic carbocycles. The summed E-state index contributed by atoms with van der Waals surface area (Å²) in [6, 6.07) is 0. The van der Waals surface area contributed by atoms with Gasteiger partial charge in [0.05, 0.1) is 13.2 Å². The number of morpholine rings is 1. The van der Waals surface area contributed by atoms with Gasteiger partial charge >= 0.3 is 0 Å². The van der Waals surface area contributed by atoms with E-state index in [4.69, 9.17) is 14.2 Å². The van der Waals surface area contributed by atoms with Gasteiger partial charge in [-0.2, -0.15) is 0 Å². The third-order valence-electron chi connectivity index (χ3n) is 3.63. The van der Waals surface area contributed by atoms with Crippen molar-refractivity contribution in [3.63, 3.8) is 0 Å². The van der Waals surface area contributed by atoms with Crippen LogP contribution in [0.4, 0.5) is 0 Å². The van der Waals surface area contributed by atoms with Crippen molar-refractivity contribution in [1.82, 2.24) is 4.90 Å². The summed E-state index contributed by atoms with van der Waals surface area (Å²) in [5.74, 6) is 0.251. The Morgan fingerprint density at radius 3 is 2.70 bits per heavy atom. The first-order valence-electron chi connectivity index (χ1n) is 7.44. The quantitative estimate of drug-likeness (QED) is 0.759. The second kappa shape index (κ2) is 7.31. The van der Waals surface area contributed by atoms with Crippen molar-refractivity contribution in [3.8, 4) is 0 Å². The van der Waals surface area contributed by atoms with Crippen LogP contribution in [0.15, 0.2) is 11.6 Å². The summed E-state index contributed by atoms with van der Waals surface area (Å²) in [7, 11) is 0.